The van der Waals surface area contributed by atoms with E-state index in [2.05, 4.69) is 13.0 Å². The van der Waals surface area contributed by atoms with Crippen molar-refractivity contribution >= 4 is 11.6 Å². The van der Waals surface area contributed by atoms with Gasteiger partial charge in [0.05, 0.1) is 0 Å². The summed E-state index contributed by atoms with van der Waals surface area (Å²) >= 11 is 0. The smallest absolute Gasteiger partial charge is 0.254 e. The molecule has 17 heavy (non-hydrogen) atoms. The van der Waals surface area contributed by atoms with Gasteiger partial charge in [0.25, 0.3) is 5.91 Å². The number of hydrogen-bond acceptors (Lipinski definition) is 2. The van der Waals surface area contributed by atoms with Crippen LogP contribution in [-0.2, 0) is 0 Å². The van der Waals surface area contributed by atoms with E-state index in [9.17, 15) is 4.79 Å². The van der Waals surface area contributed by atoms with Gasteiger partial charge in [-0.1, -0.05) is 11.6 Å². The Bertz CT molecular complexity index is 477. The maximum absolute atomic E-state index is 12.2. The van der Waals surface area contributed by atoms with Gasteiger partial charge in [0.15, 0.2) is 0 Å². The molecule has 0 saturated carbocycles. The van der Waals surface area contributed by atoms with E-state index in [0.717, 1.165) is 29.8 Å². The second-order valence-electron chi connectivity index (χ2n) is 4.62. The number of amides is 1. The molecule has 3 nitrogen and oxygen atoms in total. The molecule has 2 rings (SSSR count). The van der Waals surface area contributed by atoms with E-state index in [1.54, 1.807) is 12.1 Å². The number of aryl methyl sites for hydroxylation is 1. The summed E-state index contributed by atoms with van der Waals surface area (Å²) < 4.78 is 0. The Morgan fingerprint density at radius 2 is 2.12 bits per heavy atom. The second kappa shape index (κ2) is 4.62. The van der Waals surface area contributed by atoms with Gasteiger partial charge in [-0.2, -0.15) is 0 Å². The molecule has 0 radical (unpaired) electrons. The monoisotopic (exact) mass is 230 g/mol. The van der Waals surface area contributed by atoms with Crippen molar-refractivity contribution in [2.24, 2.45) is 0 Å². The summed E-state index contributed by atoms with van der Waals surface area (Å²) in [7, 11) is 0. The number of nitrogens with zero attached hydrogens (tertiary/aromatic N) is 1. The van der Waals surface area contributed by atoms with Crippen LogP contribution in [0, 0.1) is 6.92 Å². The van der Waals surface area contributed by atoms with E-state index in [4.69, 9.17) is 5.73 Å². The number of nitrogen functional groups attached to an aromatic ring is 1. The molecular formula is C14H18N2O. The number of nitrogens with two attached hydrogens (primary N) is 1. The highest BCUT2D eigenvalue weighted by atomic mass is 16.2. The predicted octanol–water partition coefficient (Wildman–Crippen LogP) is 2.37. The normalized spacial score (nSPS) is 15.6. The lowest BCUT2D eigenvalue weighted by Gasteiger charge is -2.25. The Morgan fingerprint density at radius 3 is 2.71 bits per heavy atom. The first-order valence-electron chi connectivity index (χ1n) is 5.89. The highest BCUT2D eigenvalue weighted by Crippen LogP contribution is 2.17. The third-order valence-electron chi connectivity index (χ3n) is 3.24. The van der Waals surface area contributed by atoms with Gasteiger partial charge < -0.3 is 10.6 Å². The van der Waals surface area contributed by atoms with Crippen LogP contribution >= 0.6 is 0 Å². The van der Waals surface area contributed by atoms with Gasteiger partial charge in [-0.15, -0.1) is 0 Å². The molecule has 90 valence electrons. The minimum atomic E-state index is 0.0943. The summed E-state index contributed by atoms with van der Waals surface area (Å²) in [5.41, 5.74) is 9.53. The Labute approximate surface area is 102 Å². The number of hydrogen-bond donors (Lipinski definition) is 1. The fraction of sp³-hybridized carbons (Fsp3) is 0.357. The number of carbonyl (C=O) groups excluding carboxylic acids is 1. The molecule has 0 aromatic heterocycles. The van der Waals surface area contributed by atoms with Crippen LogP contribution in [0.15, 0.2) is 29.8 Å². The average molecular weight is 230 g/mol. The summed E-state index contributed by atoms with van der Waals surface area (Å²) in [5, 5.41) is 0. The summed E-state index contributed by atoms with van der Waals surface area (Å²) in [5.74, 6) is 0.0943. The molecular weight excluding hydrogens is 212 g/mol. The fourth-order valence-corrected chi connectivity index (χ4v) is 1.95. The summed E-state index contributed by atoms with van der Waals surface area (Å²) in [4.78, 5) is 14.1. The average Bonchev–Trinajstić information content (AvgIpc) is 2.33. The van der Waals surface area contributed by atoms with Crippen LogP contribution in [0.2, 0.25) is 0 Å². The highest BCUT2D eigenvalue weighted by molar-refractivity contribution is 5.95. The molecule has 0 spiro atoms. The van der Waals surface area contributed by atoms with Gasteiger partial charge in [-0.3, -0.25) is 4.79 Å². The van der Waals surface area contributed by atoms with Crippen molar-refractivity contribution in [3.8, 4) is 0 Å². The molecule has 0 saturated heterocycles. The number of rotatable bonds is 1. The van der Waals surface area contributed by atoms with Gasteiger partial charge in [0.2, 0.25) is 0 Å². The molecule has 1 aromatic rings. The minimum absolute atomic E-state index is 0.0943. The summed E-state index contributed by atoms with van der Waals surface area (Å²) in [6, 6.07) is 5.46. The quantitative estimate of drug-likeness (QED) is 0.594. The molecule has 0 aliphatic carbocycles. The van der Waals surface area contributed by atoms with Crippen molar-refractivity contribution in [2.75, 3.05) is 18.8 Å². The molecule has 1 aromatic carbocycles. The van der Waals surface area contributed by atoms with Crippen molar-refractivity contribution < 1.29 is 4.79 Å². The minimum Gasteiger partial charge on any atom is -0.399 e. The van der Waals surface area contributed by atoms with Crippen LogP contribution in [0.3, 0.4) is 0 Å². The maximum Gasteiger partial charge on any atom is 0.254 e. The maximum atomic E-state index is 12.2. The molecule has 1 aliphatic heterocycles. The molecule has 0 fully saturated rings. The van der Waals surface area contributed by atoms with Gasteiger partial charge in [-0.05, 0) is 44.0 Å². The van der Waals surface area contributed by atoms with E-state index < -0.39 is 0 Å². The van der Waals surface area contributed by atoms with Crippen LogP contribution in [0.25, 0.3) is 0 Å². The molecule has 0 unspecified atom stereocenters. The van der Waals surface area contributed by atoms with Crippen LogP contribution in [0.4, 0.5) is 5.69 Å². The van der Waals surface area contributed by atoms with Crippen LogP contribution in [-0.4, -0.2) is 23.9 Å². The lowest BCUT2D eigenvalue weighted by Crippen LogP contribution is -2.34. The lowest BCUT2D eigenvalue weighted by atomic mass is 10.1. The summed E-state index contributed by atoms with van der Waals surface area (Å²) in [6.45, 7) is 5.56. The number of carbonyl (C=O) groups is 1. The van der Waals surface area contributed by atoms with Crippen molar-refractivity contribution in [3.05, 3.63) is 41.0 Å². The van der Waals surface area contributed by atoms with Crippen molar-refractivity contribution in [1.29, 1.82) is 0 Å². The third kappa shape index (κ3) is 2.49. The van der Waals surface area contributed by atoms with Crippen molar-refractivity contribution in [2.45, 2.75) is 20.3 Å². The first-order chi connectivity index (χ1) is 8.08. The Hall–Kier alpha value is -1.77. The van der Waals surface area contributed by atoms with Gasteiger partial charge in [-0.25, -0.2) is 0 Å². The van der Waals surface area contributed by atoms with Crippen molar-refractivity contribution in [1.82, 2.24) is 4.90 Å². The first-order valence-corrected chi connectivity index (χ1v) is 5.89. The predicted molar refractivity (Wildman–Crippen MR) is 69.9 cm³/mol. The Morgan fingerprint density at radius 1 is 1.35 bits per heavy atom. The van der Waals surface area contributed by atoms with Gasteiger partial charge in [0.1, 0.15) is 0 Å². The van der Waals surface area contributed by atoms with Gasteiger partial charge >= 0.3 is 0 Å². The third-order valence-corrected chi connectivity index (χ3v) is 3.24. The molecule has 3 heteroatoms. The second-order valence-corrected chi connectivity index (χ2v) is 4.62. The van der Waals surface area contributed by atoms with E-state index >= 15 is 0 Å². The topological polar surface area (TPSA) is 46.3 Å². The van der Waals surface area contributed by atoms with Crippen LogP contribution < -0.4 is 5.73 Å². The number of benzene rings is 1. The first kappa shape index (κ1) is 11.7. The fourth-order valence-electron chi connectivity index (χ4n) is 1.95. The zero-order chi connectivity index (χ0) is 12.4. The van der Waals surface area contributed by atoms with Crippen LogP contribution in [0.5, 0.6) is 0 Å². The standard InChI is InChI=1S/C14H18N2O/c1-10-5-7-16(8-6-10)14(17)12-3-4-13(15)11(2)9-12/h3-5,9H,6-8,15H2,1-2H3. The molecule has 1 amide bonds. The molecule has 2 N–H and O–H groups in total. The molecule has 0 atom stereocenters. The van der Waals surface area contributed by atoms with Gasteiger partial charge in [0, 0.05) is 24.3 Å². The lowest BCUT2D eigenvalue weighted by molar-refractivity contribution is 0.0769. The number of anilines is 1. The Balaban J connectivity index is 2.17. The molecule has 0 bridgehead atoms. The van der Waals surface area contributed by atoms with Crippen LogP contribution in [0.1, 0.15) is 29.3 Å². The SMILES string of the molecule is CC1=CCN(C(=O)c2ccc(N)c(C)c2)CC1. The van der Waals surface area contributed by atoms with Crippen molar-refractivity contribution in [3.63, 3.8) is 0 Å². The summed E-state index contributed by atoms with van der Waals surface area (Å²) in [6.07, 6.45) is 3.09. The Kier molecular flexibility index (Phi) is 3.18. The highest BCUT2D eigenvalue weighted by Gasteiger charge is 2.17. The van der Waals surface area contributed by atoms with E-state index in [1.165, 1.54) is 5.57 Å². The molecule has 1 heterocycles. The van der Waals surface area contributed by atoms with E-state index in [0.29, 0.717) is 6.54 Å². The molecule has 1 aliphatic rings. The van der Waals surface area contributed by atoms with E-state index in [1.807, 2.05) is 17.9 Å². The zero-order valence-corrected chi connectivity index (χ0v) is 10.4. The zero-order valence-electron chi connectivity index (χ0n) is 10.4. The van der Waals surface area contributed by atoms with E-state index in [-0.39, 0.29) is 5.91 Å². The largest absolute Gasteiger partial charge is 0.399 e.